The third-order valence-electron chi connectivity index (χ3n) is 7.22. The average molecular weight is 618 g/mol. The molecule has 0 bridgehead atoms. The van der Waals surface area contributed by atoms with Gasteiger partial charge in [-0.25, -0.2) is 26.9 Å². The molecule has 222 valence electrons. The van der Waals surface area contributed by atoms with E-state index in [0.29, 0.717) is 11.0 Å². The lowest BCUT2D eigenvalue weighted by Gasteiger charge is -2.39. The van der Waals surface area contributed by atoms with E-state index in [4.69, 9.17) is 11.6 Å². The van der Waals surface area contributed by atoms with Crippen molar-refractivity contribution in [3.8, 4) is 6.07 Å². The molecule has 1 aromatic heterocycles. The summed E-state index contributed by atoms with van der Waals surface area (Å²) in [5, 5.41) is 11.7. The number of carbonyl (C=O) groups is 3. The molecule has 0 radical (unpaired) electrons. The zero-order chi connectivity index (χ0) is 31.1. The van der Waals surface area contributed by atoms with Gasteiger partial charge < -0.3 is 5.32 Å². The summed E-state index contributed by atoms with van der Waals surface area (Å²) in [6, 6.07) is 6.25. The maximum absolute atomic E-state index is 15.2. The number of halogens is 6. The fraction of sp³-hybridized carbons (Fsp3) is 0.276. The molecular formula is C29H21ClF5N5O3. The summed E-state index contributed by atoms with van der Waals surface area (Å²) in [7, 11) is 0. The second-order valence-electron chi connectivity index (χ2n) is 10.2. The molecule has 5 rings (SSSR count). The van der Waals surface area contributed by atoms with Crippen LogP contribution in [0.3, 0.4) is 0 Å². The van der Waals surface area contributed by atoms with Crippen molar-refractivity contribution in [1.82, 2.24) is 10.3 Å². The maximum atomic E-state index is 15.2. The molecule has 2 aliphatic rings. The Morgan fingerprint density at radius 3 is 2.42 bits per heavy atom. The van der Waals surface area contributed by atoms with Gasteiger partial charge in [-0.05, 0) is 30.7 Å². The molecule has 1 aliphatic carbocycles. The average Bonchev–Trinajstić information content (AvgIpc) is 3.31. The lowest BCUT2D eigenvalue weighted by atomic mass is 9.87. The summed E-state index contributed by atoms with van der Waals surface area (Å²) >= 11 is 6.41. The zero-order valence-electron chi connectivity index (χ0n) is 22.0. The van der Waals surface area contributed by atoms with Crippen LogP contribution in [-0.2, 0) is 14.4 Å². The van der Waals surface area contributed by atoms with Crippen LogP contribution in [0.1, 0.15) is 42.9 Å². The van der Waals surface area contributed by atoms with Crippen LogP contribution in [0.25, 0.3) is 0 Å². The van der Waals surface area contributed by atoms with Crippen molar-refractivity contribution in [2.75, 3.05) is 9.80 Å². The van der Waals surface area contributed by atoms with Crippen LogP contribution in [0.5, 0.6) is 0 Å². The SMILES string of the molecule is N#Cc1ccnc(N2C(=O)CC[C@H]2C(=O)N(c2cc(F)cc(F)c2)C(C(=O)NC2CC(F)(F)C2)c2ccccc2Cl)c1F. The van der Waals surface area contributed by atoms with Crippen molar-refractivity contribution >= 4 is 40.8 Å². The predicted octanol–water partition coefficient (Wildman–Crippen LogP) is 5.21. The second-order valence-corrected chi connectivity index (χ2v) is 10.6. The Balaban J connectivity index is 1.65. The van der Waals surface area contributed by atoms with Gasteiger partial charge in [-0.15, -0.1) is 0 Å². The number of hydrogen-bond acceptors (Lipinski definition) is 5. The van der Waals surface area contributed by atoms with E-state index >= 15 is 4.39 Å². The van der Waals surface area contributed by atoms with Gasteiger partial charge in [-0.3, -0.25) is 24.2 Å². The molecule has 2 aromatic carbocycles. The number of amides is 3. The minimum Gasteiger partial charge on any atom is -0.351 e. The van der Waals surface area contributed by atoms with Gasteiger partial charge in [0.1, 0.15) is 29.8 Å². The van der Waals surface area contributed by atoms with Crippen LogP contribution in [0, 0.1) is 28.8 Å². The van der Waals surface area contributed by atoms with Crippen molar-refractivity contribution in [3.63, 3.8) is 0 Å². The van der Waals surface area contributed by atoms with Gasteiger partial charge in [0, 0.05) is 48.2 Å². The Hall–Kier alpha value is -4.57. The van der Waals surface area contributed by atoms with E-state index in [1.807, 2.05) is 0 Å². The number of rotatable bonds is 7. The summed E-state index contributed by atoms with van der Waals surface area (Å²) in [4.78, 5) is 46.4. The lowest BCUT2D eigenvalue weighted by molar-refractivity contribution is -0.133. The highest BCUT2D eigenvalue weighted by molar-refractivity contribution is 6.31. The highest BCUT2D eigenvalue weighted by Crippen LogP contribution is 2.40. The van der Waals surface area contributed by atoms with E-state index in [1.54, 1.807) is 6.07 Å². The standard InChI is InChI=1S/C29H21ClF5N5O3/c30-21-4-2-1-3-20(21)25(27(42)38-18-12-29(34,35)13-18)39(19-10-16(31)9-17(32)11-19)28(43)22-5-6-23(41)40(22)26-24(33)15(14-36)7-8-37-26/h1-4,7-11,18,22,25H,5-6,12-13H2,(H,38,42)/t22-,25?/m0/s1. The molecule has 2 heterocycles. The predicted molar refractivity (Wildman–Crippen MR) is 144 cm³/mol. The molecule has 14 heteroatoms. The lowest BCUT2D eigenvalue weighted by Crippen LogP contribution is -2.56. The van der Waals surface area contributed by atoms with Gasteiger partial charge >= 0.3 is 0 Å². The summed E-state index contributed by atoms with van der Waals surface area (Å²) < 4.78 is 71.4. The Morgan fingerprint density at radius 1 is 1.12 bits per heavy atom. The molecule has 1 aliphatic heterocycles. The Labute approximate surface area is 246 Å². The van der Waals surface area contributed by atoms with Crippen molar-refractivity contribution < 1.29 is 36.3 Å². The van der Waals surface area contributed by atoms with Gasteiger partial charge in [0.2, 0.25) is 11.8 Å². The van der Waals surface area contributed by atoms with Crippen LogP contribution in [0.15, 0.2) is 54.7 Å². The van der Waals surface area contributed by atoms with E-state index in [-0.39, 0.29) is 23.4 Å². The van der Waals surface area contributed by atoms with Crippen LogP contribution in [-0.4, -0.2) is 40.7 Å². The molecule has 8 nitrogen and oxygen atoms in total. The summed E-state index contributed by atoms with van der Waals surface area (Å²) in [5.41, 5.74) is -0.928. The fourth-order valence-electron chi connectivity index (χ4n) is 5.25. The van der Waals surface area contributed by atoms with Crippen LogP contribution in [0.4, 0.5) is 33.5 Å². The summed E-state index contributed by atoms with van der Waals surface area (Å²) in [6.45, 7) is 0. The van der Waals surface area contributed by atoms with E-state index < -0.39 is 89.1 Å². The monoisotopic (exact) mass is 617 g/mol. The molecule has 1 unspecified atom stereocenters. The molecule has 2 fully saturated rings. The number of nitrogens with one attached hydrogen (secondary N) is 1. The molecule has 1 saturated carbocycles. The van der Waals surface area contributed by atoms with Crippen LogP contribution < -0.4 is 15.1 Å². The number of pyridine rings is 1. The molecule has 3 amide bonds. The molecule has 0 spiro atoms. The minimum atomic E-state index is -3.00. The van der Waals surface area contributed by atoms with Crippen LogP contribution in [0.2, 0.25) is 5.02 Å². The van der Waals surface area contributed by atoms with E-state index in [0.717, 1.165) is 29.3 Å². The first-order valence-corrected chi connectivity index (χ1v) is 13.4. The third kappa shape index (κ3) is 5.87. The van der Waals surface area contributed by atoms with Crippen LogP contribution >= 0.6 is 11.6 Å². The Kier molecular flexibility index (Phi) is 8.07. The first-order valence-electron chi connectivity index (χ1n) is 13.0. The number of alkyl halides is 2. The highest BCUT2D eigenvalue weighted by Gasteiger charge is 2.49. The Morgan fingerprint density at radius 2 is 1.79 bits per heavy atom. The van der Waals surface area contributed by atoms with Gasteiger partial charge in [0.15, 0.2) is 11.6 Å². The third-order valence-corrected chi connectivity index (χ3v) is 7.57. The van der Waals surface area contributed by atoms with Crippen molar-refractivity contribution in [3.05, 3.63) is 88.3 Å². The van der Waals surface area contributed by atoms with Gasteiger partial charge in [0.05, 0.1) is 11.3 Å². The van der Waals surface area contributed by atoms with Crippen molar-refractivity contribution in [2.24, 2.45) is 0 Å². The van der Waals surface area contributed by atoms with Gasteiger partial charge in [-0.2, -0.15) is 5.26 Å². The smallest absolute Gasteiger partial charge is 0.252 e. The molecule has 2 atom stereocenters. The second kappa shape index (κ2) is 11.6. The van der Waals surface area contributed by atoms with Gasteiger partial charge in [0.25, 0.3) is 11.8 Å². The van der Waals surface area contributed by atoms with Crippen molar-refractivity contribution in [2.45, 2.75) is 49.7 Å². The number of aromatic nitrogens is 1. The number of hydrogen-bond donors (Lipinski definition) is 1. The van der Waals surface area contributed by atoms with E-state index in [1.165, 1.54) is 24.3 Å². The van der Waals surface area contributed by atoms with E-state index in [2.05, 4.69) is 10.3 Å². The number of carbonyl (C=O) groups excluding carboxylic acids is 3. The maximum Gasteiger partial charge on any atom is 0.252 e. The largest absolute Gasteiger partial charge is 0.351 e. The first kappa shape index (κ1) is 29.9. The summed E-state index contributed by atoms with van der Waals surface area (Å²) in [5.74, 6) is -9.82. The molecular weight excluding hydrogens is 597 g/mol. The van der Waals surface area contributed by atoms with Gasteiger partial charge in [-0.1, -0.05) is 29.8 Å². The fourth-order valence-corrected chi connectivity index (χ4v) is 5.49. The first-order chi connectivity index (χ1) is 20.4. The quantitative estimate of drug-likeness (QED) is 0.367. The Bertz CT molecular complexity index is 1640. The van der Waals surface area contributed by atoms with E-state index in [9.17, 15) is 37.2 Å². The number of nitriles is 1. The zero-order valence-corrected chi connectivity index (χ0v) is 22.8. The normalized spacial score (nSPS) is 18.5. The number of nitrogens with zero attached hydrogens (tertiary/aromatic N) is 4. The van der Waals surface area contributed by atoms with Crippen molar-refractivity contribution in [1.29, 1.82) is 5.26 Å². The molecule has 3 aromatic rings. The molecule has 43 heavy (non-hydrogen) atoms. The summed E-state index contributed by atoms with van der Waals surface area (Å²) in [6.07, 6.45) is -0.739. The molecule has 1 saturated heterocycles. The minimum absolute atomic E-state index is 0.0163. The number of benzene rings is 2. The topological polar surface area (TPSA) is 106 Å². The molecule has 1 N–H and O–H groups in total. The highest BCUT2D eigenvalue weighted by atomic mass is 35.5. The number of anilines is 2.